The van der Waals surface area contributed by atoms with E-state index in [2.05, 4.69) is 0 Å². The summed E-state index contributed by atoms with van der Waals surface area (Å²) < 4.78 is 8.55. The average Bonchev–Trinajstić information content (AvgIpc) is 0.722. The predicted molar refractivity (Wildman–Crippen MR) is 18.4 cm³/mol. The van der Waals surface area contributed by atoms with Crippen molar-refractivity contribution in [3.05, 3.63) is 0 Å². The van der Waals surface area contributed by atoms with E-state index in [1.807, 2.05) is 0 Å². The molecule has 0 atom stereocenters. The van der Waals surface area contributed by atoms with Crippen LogP contribution in [-0.2, 0) is 4.57 Å². The Bertz CT molecular complexity index is 59.8. The molecule has 0 aromatic rings. The Balaban J connectivity index is -0.00000000533. The number of rotatable bonds is 0. The Morgan fingerprint density at radius 3 is 0.727 bits per heavy atom. The molecule has 0 aliphatic rings. The first-order valence-electron chi connectivity index (χ1n) is 0.730. The molecule has 0 rings (SSSR count). The molecule has 7 nitrogen and oxygen atoms in total. The molecule has 0 bridgehead atoms. The minimum Gasteiger partial charge on any atom is -0.822 e. The summed E-state index contributed by atoms with van der Waals surface area (Å²) in [4.78, 5) is 25.6. The standard InChI is InChI=1S/3K.H3O4P.3H2O/c;;;1-5(2,3)4;;;/h;;;(H3,1,2,3,4);3*1H2/q3*+1;;;;/p-3. The van der Waals surface area contributed by atoms with E-state index < -0.39 is 7.82 Å². The van der Waals surface area contributed by atoms with Gasteiger partial charge in [-0.3, -0.25) is 0 Å². The molecule has 6 N–H and O–H groups in total. The van der Waals surface area contributed by atoms with Crippen LogP contribution in [0.1, 0.15) is 0 Å². The van der Waals surface area contributed by atoms with Crippen molar-refractivity contribution in [3.63, 3.8) is 0 Å². The number of hydrogen-bond donors (Lipinski definition) is 0. The van der Waals surface area contributed by atoms with Crippen LogP contribution < -0.4 is 169 Å². The van der Waals surface area contributed by atoms with Crippen molar-refractivity contribution < 1.29 is 190 Å². The summed E-state index contributed by atoms with van der Waals surface area (Å²) >= 11 is 0. The fourth-order valence-electron chi connectivity index (χ4n) is 0. The number of phosphoric acid groups is 1. The molecule has 56 valence electrons. The van der Waals surface area contributed by atoms with Crippen molar-refractivity contribution in [1.29, 1.82) is 0 Å². The minimum atomic E-state index is -5.39. The maximum Gasteiger partial charge on any atom is 1.00 e. The van der Waals surface area contributed by atoms with Gasteiger partial charge in [-0.05, 0) is 0 Å². The first-order valence-corrected chi connectivity index (χ1v) is 2.19. The first kappa shape index (κ1) is 44.6. The largest absolute Gasteiger partial charge is 1.00 e. The van der Waals surface area contributed by atoms with Gasteiger partial charge in [-0.2, -0.15) is 7.82 Å². The van der Waals surface area contributed by atoms with Crippen molar-refractivity contribution in [2.75, 3.05) is 0 Å². The molecular weight excluding hydrogens is 260 g/mol. The molecule has 0 aliphatic heterocycles. The van der Waals surface area contributed by atoms with Gasteiger partial charge in [0.15, 0.2) is 0 Å². The van der Waals surface area contributed by atoms with Crippen LogP contribution in [0.3, 0.4) is 0 Å². The first-order chi connectivity index (χ1) is 2.00. The van der Waals surface area contributed by atoms with Crippen molar-refractivity contribution in [1.82, 2.24) is 0 Å². The molecule has 0 aromatic carbocycles. The summed E-state index contributed by atoms with van der Waals surface area (Å²) in [6.07, 6.45) is 0. The zero-order valence-electron chi connectivity index (χ0n) is 6.58. The summed E-state index contributed by atoms with van der Waals surface area (Å²) in [5.74, 6) is 0. The molecule has 0 amide bonds. The van der Waals surface area contributed by atoms with E-state index in [4.69, 9.17) is 19.2 Å². The zero-order chi connectivity index (χ0) is 4.50. The Morgan fingerprint density at radius 2 is 0.727 bits per heavy atom. The third-order valence-corrected chi connectivity index (χ3v) is 0. The van der Waals surface area contributed by atoms with Crippen LogP contribution in [-0.4, -0.2) is 16.4 Å². The quantitative estimate of drug-likeness (QED) is 0.312. The molecule has 0 unspecified atom stereocenters. The van der Waals surface area contributed by atoms with Crippen molar-refractivity contribution in [2.45, 2.75) is 0 Å². The van der Waals surface area contributed by atoms with Gasteiger partial charge in [0.1, 0.15) is 0 Å². The molecular formula is H6K3O7P. The molecule has 11 heteroatoms. The zero-order valence-corrected chi connectivity index (χ0v) is 16.8. The van der Waals surface area contributed by atoms with E-state index in [0.29, 0.717) is 0 Å². The third-order valence-electron chi connectivity index (χ3n) is 0. The molecule has 0 radical (unpaired) electrons. The second-order valence-corrected chi connectivity index (χ2v) is 1.34. The monoisotopic (exact) mass is 266 g/mol. The molecule has 0 saturated carbocycles. The van der Waals surface area contributed by atoms with Gasteiger partial charge in [0, 0.05) is 0 Å². The number of hydrogen-bond acceptors (Lipinski definition) is 4. The Labute approximate surface area is 192 Å². The second kappa shape index (κ2) is 24.2. The van der Waals surface area contributed by atoms with E-state index in [-0.39, 0.29) is 171 Å². The van der Waals surface area contributed by atoms with E-state index in [9.17, 15) is 0 Å². The van der Waals surface area contributed by atoms with Crippen molar-refractivity contribution in [3.8, 4) is 0 Å². The molecule has 0 aromatic heterocycles. The fourth-order valence-corrected chi connectivity index (χ4v) is 0. The maximum absolute atomic E-state index is 8.55. The van der Waals surface area contributed by atoms with Gasteiger partial charge in [0.05, 0.1) is 0 Å². The molecule has 0 aliphatic carbocycles. The van der Waals surface area contributed by atoms with Gasteiger partial charge in [0.2, 0.25) is 0 Å². The van der Waals surface area contributed by atoms with Gasteiger partial charge in [-0.25, -0.2) is 0 Å². The van der Waals surface area contributed by atoms with E-state index in [0.717, 1.165) is 0 Å². The molecule has 0 fully saturated rings. The molecule has 0 heterocycles. The molecule has 0 spiro atoms. The summed E-state index contributed by atoms with van der Waals surface area (Å²) in [6, 6.07) is 0. The third kappa shape index (κ3) is 103. The van der Waals surface area contributed by atoms with Crippen LogP contribution in [0, 0.1) is 0 Å². The molecule has 0 saturated heterocycles. The van der Waals surface area contributed by atoms with Crippen molar-refractivity contribution >= 4 is 7.82 Å². The summed E-state index contributed by atoms with van der Waals surface area (Å²) in [5.41, 5.74) is 0. The van der Waals surface area contributed by atoms with E-state index >= 15 is 0 Å². The van der Waals surface area contributed by atoms with Crippen LogP contribution in [0.2, 0.25) is 0 Å². The summed E-state index contributed by atoms with van der Waals surface area (Å²) in [7, 11) is -5.39. The van der Waals surface area contributed by atoms with Gasteiger partial charge < -0.3 is 35.7 Å². The summed E-state index contributed by atoms with van der Waals surface area (Å²) in [6.45, 7) is 0. The van der Waals surface area contributed by atoms with Crippen LogP contribution >= 0.6 is 7.82 Å². The normalized spacial score (nSPS) is 5.36. The van der Waals surface area contributed by atoms with Crippen LogP contribution in [0.4, 0.5) is 0 Å². The van der Waals surface area contributed by atoms with Gasteiger partial charge in [0.25, 0.3) is 0 Å². The van der Waals surface area contributed by atoms with Gasteiger partial charge in [-0.1, -0.05) is 0 Å². The van der Waals surface area contributed by atoms with Crippen LogP contribution in [0.15, 0.2) is 0 Å². The minimum absolute atomic E-state index is 0. The van der Waals surface area contributed by atoms with Crippen molar-refractivity contribution in [2.24, 2.45) is 0 Å². The van der Waals surface area contributed by atoms with Crippen LogP contribution in [0.5, 0.6) is 0 Å². The van der Waals surface area contributed by atoms with E-state index in [1.165, 1.54) is 0 Å². The Kier molecular flexibility index (Phi) is 98.2. The molecule has 11 heavy (non-hydrogen) atoms. The van der Waals surface area contributed by atoms with E-state index in [1.54, 1.807) is 0 Å². The Morgan fingerprint density at radius 1 is 0.727 bits per heavy atom. The predicted octanol–water partition coefficient (Wildman–Crippen LogP) is -14.3. The van der Waals surface area contributed by atoms with Crippen LogP contribution in [0.25, 0.3) is 0 Å². The average molecular weight is 266 g/mol. The smallest absolute Gasteiger partial charge is 0.822 e. The maximum atomic E-state index is 8.55. The SMILES string of the molecule is O.O.O.O=P([O-])([O-])[O-].[K+].[K+].[K+]. The van der Waals surface area contributed by atoms with Gasteiger partial charge >= 0.3 is 154 Å². The second-order valence-electron chi connectivity index (χ2n) is 0.447. The fraction of sp³-hybridized carbons (Fsp3) is 0. The summed E-state index contributed by atoms with van der Waals surface area (Å²) in [5, 5.41) is 0. The Hall–Kier alpha value is 4.90. The van der Waals surface area contributed by atoms with Gasteiger partial charge in [-0.15, -0.1) is 0 Å². The topological polar surface area (TPSA) is 181 Å².